The highest BCUT2D eigenvalue weighted by Crippen LogP contribution is 2.31. The van der Waals surface area contributed by atoms with Gasteiger partial charge in [0.2, 0.25) is 10.0 Å². The lowest BCUT2D eigenvalue weighted by atomic mass is 10.3. The van der Waals surface area contributed by atoms with Gasteiger partial charge in [-0.15, -0.1) is 0 Å². The van der Waals surface area contributed by atoms with E-state index in [9.17, 15) is 8.42 Å². The first-order chi connectivity index (χ1) is 10.1. The molecule has 120 valence electrons. The third-order valence-corrected chi connectivity index (χ3v) is 5.31. The third-order valence-electron chi connectivity index (χ3n) is 3.89. The highest BCUT2D eigenvalue weighted by molar-refractivity contribution is 7.89. The van der Waals surface area contributed by atoms with Gasteiger partial charge in [0.15, 0.2) is 0 Å². The van der Waals surface area contributed by atoms with Gasteiger partial charge in [0, 0.05) is 31.5 Å². The van der Waals surface area contributed by atoms with Crippen LogP contribution >= 0.6 is 0 Å². The van der Waals surface area contributed by atoms with Crippen molar-refractivity contribution in [3.63, 3.8) is 0 Å². The zero-order valence-corrected chi connectivity index (χ0v) is 13.9. The Morgan fingerprint density at radius 2 is 2.05 bits per heavy atom. The van der Waals surface area contributed by atoms with Crippen LogP contribution in [-0.2, 0) is 23.1 Å². The van der Waals surface area contributed by atoms with Crippen LogP contribution in [0.2, 0.25) is 0 Å². The minimum Gasteiger partial charge on any atom is -0.349 e. The van der Waals surface area contributed by atoms with Gasteiger partial charge < -0.3 is 9.88 Å². The van der Waals surface area contributed by atoms with Crippen LogP contribution in [0.4, 0.5) is 0 Å². The van der Waals surface area contributed by atoms with Crippen molar-refractivity contribution in [3.05, 3.63) is 18.0 Å². The average molecular weight is 313 g/mol. The van der Waals surface area contributed by atoms with Crippen LogP contribution in [0.1, 0.15) is 45.2 Å². The van der Waals surface area contributed by atoms with Crippen LogP contribution in [0.3, 0.4) is 0 Å². The van der Waals surface area contributed by atoms with E-state index in [2.05, 4.69) is 17.0 Å². The van der Waals surface area contributed by atoms with Crippen molar-refractivity contribution in [2.75, 3.05) is 13.1 Å². The molecule has 0 saturated heterocycles. The summed E-state index contributed by atoms with van der Waals surface area (Å²) in [6.07, 6.45) is 6.27. The second-order valence-corrected chi connectivity index (χ2v) is 7.53. The summed E-state index contributed by atoms with van der Waals surface area (Å²) in [6.45, 7) is 7.12. The smallest absolute Gasteiger partial charge is 0.242 e. The van der Waals surface area contributed by atoms with Crippen LogP contribution in [0.15, 0.2) is 17.2 Å². The van der Waals surface area contributed by atoms with Crippen LogP contribution in [-0.4, -0.2) is 26.1 Å². The first-order valence-electron chi connectivity index (χ1n) is 7.96. The lowest BCUT2D eigenvalue weighted by molar-refractivity contribution is 0.575. The van der Waals surface area contributed by atoms with Crippen molar-refractivity contribution in [2.45, 2.75) is 57.5 Å². The first kappa shape index (κ1) is 16.5. The van der Waals surface area contributed by atoms with E-state index >= 15 is 0 Å². The number of hydrogen-bond donors (Lipinski definition) is 2. The summed E-state index contributed by atoms with van der Waals surface area (Å²) in [5, 5.41) is 3.32. The fraction of sp³-hybridized carbons (Fsp3) is 0.733. The Balaban J connectivity index is 1.99. The van der Waals surface area contributed by atoms with Gasteiger partial charge in [0.05, 0.1) is 4.90 Å². The van der Waals surface area contributed by atoms with Crippen LogP contribution in [0.5, 0.6) is 0 Å². The molecule has 0 unspecified atom stereocenters. The molecular formula is C15H27N3O2S. The summed E-state index contributed by atoms with van der Waals surface area (Å²) in [6, 6.07) is 1.78. The molecule has 2 rings (SSSR count). The van der Waals surface area contributed by atoms with E-state index in [1.807, 2.05) is 11.5 Å². The molecule has 0 radical (unpaired) electrons. The lowest BCUT2D eigenvalue weighted by Gasteiger charge is -2.06. The molecule has 1 aliphatic carbocycles. The van der Waals surface area contributed by atoms with E-state index in [-0.39, 0.29) is 0 Å². The number of hydrogen-bond acceptors (Lipinski definition) is 3. The fourth-order valence-electron chi connectivity index (χ4n) is 2.40. The van der Waals surface area contributed by atoms with Crippen molar-refractivity contribution in [3.8, 4) is 0 Å². The molecule has 0 atom stereocenters. The van der Waals surface area contributed by atoms with Gasteiger partial charge in [-0.2, -0.15) is 0 Å². The fourth-order valence-corrected chi connectivity index (χ4v) is 3.51. The van der Waals surface area contributed by atoms with Crippen molar-refractivity contribution in [2.24, 2.45) is 5.92 Å². The second kappa shape index (κ2) is 7.42. The van der Waals surface area contributed by atoms with Crippen molar-refractivity contribution in [1.82, 2.24) is 14.6 Å². The molecule has 0 aliphatic heterocycles. The van der Waals surface area contributed by atoms with Gasteiger partial charge in [-0.05, 0) is 38.3 Å². The zero-order valence-electron chi connectivity index (χ0n) is 13.1. The topological polar surface area (TPSA) is 63.1 Å². The number of aromatic nitrogens is 1. The predicted molar refractivity (Wildman–Crippen MR) is 84.6 cm³/mol. The standard InChI is InChI=1S/C15H27N3O2S/c1-3-8-16-11-14-10-15(12-18(14)4-2)21(19,20)17-9-7-13-5-6-13/h10,12-13,16-17H,3-9,11H2,1-2H3. The quantitative estimate of drug-likeness (QED) is 0.650. The molecule has 2 N–H and O–H groups in total. The highest BCUT2D eigenvalue weighted by Gasteiger charge is 2.23. The van der Waals surface area contributed by atoms with Gasteiger partial charge in [-0.1, -0.05) is 19.8 Å². The summed E-state index contributed by atoms with van der Waals surface area (Å²) < 4.78 is 29.3. The molecule has 1 fully saturated rings. The van der Waals surface area contributed by atoms with Gasteiger partial charge in [0.25, 0.3) is 0 Å². The van der Waals surface area contributed by atoms with E-state index in [4.69, 9.17) is 0 Å². The molecule has 21 heavy (non-hydrogen) atoms. The average Bonchev–Trinajstić information content (AvgIpc) is 3.17. The highest BCUT2D eigenvalue weighted by atomic mass is 32.2. The summed E-state index contributed by atoms with van der Waals surface area (Å²) in [5.74, 6) is 0.738. The number of nitrogens with zero attached hydrogens (tertiary/aromatic N) is 1. The molecule has 1 aromatic heterocycles. The summed E-state index contributed by atoms with van der Waals surface area (Å²) in [7, 11) is -3.37. The maximum atomic E-state index is 12.3. The number of rotatable bonds is 10. The van der Waals surface area contributed by atoms with Gasteiger partial charge in [0.1, 0.15) is 0 Å². The maximum Gasteiger partial charge on any atom is 0.242 e. The zero-order chi connectivity index (χ0) is 15.3. The SMILES string of the molecule is CCCNCc1cc(S(=O)(=O)NCCC2CC2)cn1CC. The summed E-state index contributed by atoms with van der Waals surface area (Å²) in [4.78, 5) is 0.383. The molecular weight excluding hydrogens is 286 g/mol. The molecule has 0 amide bonds. The van der Waals surface area contributed by atoms with E-state index < -0.39 is 10.0 Å². The number of aryl methyl sites for hydroxylation is 1. The minimum atomic E-state index is -3.37. The van der Waals surface area contributed by atoms with Crippen LogP contribution in [0, 0.1) is 5.92 Å². The number of nitrogens with one attached hydrogen (secondary N) is 2. The Bertz CT molecular complexity index is 547. The molecule has 1 saturated carbocycles. The third kappa shape index (κ3) is 4.83. The number of sulfonamides is 1. The van der Waals surface area contributed by atoms with Crippen molar-refractivity contribution >= 4 is 10.0 Å². The van der Waals surface area contributed by atoms with Crippen molar-refractivity contribution in [1.29, 1.82) is 0 Å². The summed E-state index contributed by atoms with van der Waals surface area (Å²) >= 11 is 0. The first-order valence-corrected chi connectivity index (χ1v) is 9.44. The van der Waals surface area contributed by atoms with Crippen molar-refractivity contribution < 1.29 is 8.42 Å². The normalized spacial score (nSPS) is 15.5. The van der Waals surface area contributed by atoms with E-state index in [1.54, 1.807) is 12.3 Å². The minimum absolute atomic E-state index is 0.383. The molecule has 1 heterocycles. The van der Waals surface area contributed by atoms with Gasteiger partial charge >= 0.3 is 0 Å². The van der Waals surface area contributed by atoms with Crippen LogP contribution in [0.25, 0.3) is 0 Å². The Morgan fingerprint density at radius 1 is 1.29 bits per heavy atom. The van der Waals surface area contributed by atoms with E-state index in [1.165, 1.54) is 12.8 Å². The monoisotopic (exact) mass is 313 g/mol. The second-order valence-electron chi connectivity index (χ2n) is 5.76. The Morgan fingerprint density at radius 3 is 2.67 bits per heavy atom. The summed E-state index contributed by atoms with van der Waals surface area (Å²) in [5.41, 5.74) is 1.02. The molecule has 0 bridgehead atoms. The molecule has 0 spiro atoms. The molecule has 6 heteroatoms. The van der Waals surface area contributed by atoms with Gasteiger partial charge in [-0.3, -0.25) is 0 Å². The maximum absolute atomic E-state index is 12.3. The van der Waals surface area contributed by atoms with Crippen LogP contribution < -0.4 is 10.0 Å². The largest absolute Gasteiger partial charge is 0.349 e. The molecule has 1 aromatic rings. The predicted octanol–water partition coefficient (Wildman–Crippen LogP) is 2.09. The Kier molecular flexibility index (Phi) is 5.84. The lowest BCUT2D eigenvalue weighted by Crippen LogP contribution is -2.24. The van der Waals surface area contributed by atoms with Gasteiger partial charge in [-0.25, -0.2) is 13.1 Å². The Labute approximate surface area is 128 Å². The Hall–Kier alpha value is -0.850. The van der Waals surface area contributed by atoms with E-state index in [0.29, 0.717) is 18.0 Å². The molecule has 1 aliphatic rings. The molecule has 5 nitrogen and oxygen atoms in total. The molecule has 0 aromatic carbocycles. The van der Waals surface area contributed by atoms with E-state index in [0.717, 1.165) is 37.5 Å².